The fourth-order valence-corrected chi connectivity index (χ4v) is 6.03. The first-order chi connectivity index (χ1) is 20.1. The lowest BCUT2D eigenvalue weighted by atomic mass is 9.98. The third kappa shape index (κ3) is 4.90. The normalized spacial score (nSPS) is 15.2. The fourth-order valence-electron chi connectivity index (χ4n) is 5.77. The van der Waals surface area contributed by atoms with Crippen LogP contribution in [-0.4, -0.2) is 41.1 Å². The van der Waals surface area contributed by atoms with Gasteiger partial charge in [0, 0.05) is 52.9 Å². The van der Waals surface area contributed by atoms with Gasteiger partial charge in [0.25, 0.3) is 11.2 Å². The van der Waals surface area contributed by atoms with E-state index < -0.39 is 11.4 Å². The first kappa shape index (κ1) is 28.9. The molecular weight excluding hydrogens is 553 g/mol. The van der Waals surface area contributed by atoms with Gasteiger partial charge in [-0.05, 0) is 60.9 Å². The van der Waals surface area contributed by atoms with Crippen LogP contribution in [0.4, 0.5) is 21.5 Å². The largest absolute Gasteiger partial charge is 0.399 e. The van der Waals surface area contributed by atoms with Crippen molar-refractivity contribution in [2.24, 2.45) is 0 Å². The van der Waals surface area contributed by atoms with Crippen LogP contribution in [-0.2, 0) is 4.79 Å². The zero-order valence-corrected chi connectivity index (χ0v) is 24.5. The second-order valence-corrected chi connectivity index (χ2v) is 11.2. The number of fused-ring (bicyclic) bond motifs is 1. The summed E-state index contributed by atoms with van der Waals surface area (Å²) < 4.78 is 16.7. The standard InChI is InChI=1S/C33H31ClFN5O2/c1-6-30(41)38-13-14-39(20(4)18-38)32-25-16-26(34)24(23-12-11-21(36)15-27(23)35)17-29(25)40(33(42)31(32)37-5)28-10-8-7-9-22(28)19(2)3/h6-12,15-17,19-20H,1,13-14,18,36H2,2-4H3/t20-/m0/s1. The zero-order chi connectivity index (χ0) is 30.3. The average molecular weight is 584 g/mol. The molecule has 214 valence electrons. The molecule has 7 nitrogen and oxygen atoms in total. The molecule has 1 aliphatic heterocycles. The van der Waals surface area contributed by atoms with Gasteiger partial charge in [-0.3, -0.25) is 14.2 Å². The number of piperazine rings is 1. The van der Waals surface area contributed by atoms with E-state index in [1.165, 1.54) is 12.1 Å². The number of carbonyl (C=O) groups excluding carboxylic acids is 1. The van der Waals surface area contributed by atoms with Crippen LogP contribution in [0.5, 0.6) is 0 Å². The summed E-state index contributed by atoms with van der Waals surface area (Å²) in [6.07, 6.45) is 1.29. The molecule has 0 saturated carbocycles. The molecule has 9 heteroatoms. The number of amides is 1. The Morgan fingerprint density at radius 2 is 1.90 bits per heavy atom. The Balaban J connectivity index is 1.87. The molecule has 1 aliphatic rings. The molecule has 4 aromatic rings. The van der Waals surface area contributed by atoms with Crippen molar-refractivity contribution in [3.63, 3.8) is 0 Å². The number of pyridine rings is 1. The summed E-state index contributed by atoms with van der Waals surface area (Å²) in [5, 5.41) is 0.845. The number of rotatable bonds is 5. The Morgan fingerprint density at radius 3 is 2.55 bits per heavy atom. The molecule has 0 radical (unpaired) electrons. The third-order valence-corrected chi connectivity index (χ3v) is 8.12. The van der Waals surface area contributed by atoms with Gasteiger partial charge in [0.15, 0.2) is 0 Å². The number of nitrogen functional groups attached to an aromatic ring is 1. The summed E-state index contributed by atoms with van der Waals surface area (Å²) in [5.41, 5.74) is 8.70. The lowest BCUT2D eigenvalue weighted by molar-refractivity contribution is -0.126. The van der Waals surface area contributed by atoms with E-state index in [1.54, 1.807) is 33.7 Å². The Labute approximate surface area is 249 Å². The van der Waals surface area contributed by atoms with Crippen molar-refractivity contribution in [2.75, 3.05) is 30.3 Å². The summed E-state index contributed by atoms with van der Waals surface area (Å²) in [5.74, 6) is -0.630. The van der Waals surface area contributed by atoms with Crippen LogP contribution in [0.1, 0.15) is 32.3 Å². The highest BCUT2D eigenvalue weighted by atomic mass is 35.5. The summed E-state index contributed by atoms with van der Waals surface area (Å²) in [7, 11) is 0. The summed E-state index contributed by atoms with van der Waals surface area (Å²) in [4.78, 5) is 34.1. The van der Waals surface area contributed by atoms with E-state index >= 15 is 4.39 Å². The van der Waals surface area contributed by atoms with Gasteiger partial charge in [0.2, 0.25) is 5.91 Å². The fraction of sp³-hybridized carbons (Fsp3) is 0.242. The molecule has 2 heterocycles. The quantitative estimate of drug-likeness (QED) is 0.157. The minimum Gasteiger partial charge on any atom is -0.399 e. The van der Waals surface area contributed by atoms with Crippen LogP contribution in [0.2, 0.25) is 5.02 Å². The second-order valence-electron chi connectivity index (χ2n) is 10.8. The molecule has 0 unspecified atom stereocenters. The van der Waals surface area contributed by atoms with Crippen molar-refractivity contribution in [1.82, 2.24) is 9.47 Å². The monoisotopic (exact) mass is 583 g/mol. The molecule has 1 atom stereocenters. The lowest BCUT2D eigenvalue weighted by Gasteiger charge is -2.42. The van der Waals surface area contributed by atoms with E-state index in [0.717, 1.165) is 5.56 Å². The van der Waals surface area contributed by atoms with Crippen molar-refractivity contribution in [2.45, 2.75) is 32.7 Å². The van der Waals surface area contributed by atoms with Crippen molar-refractivity contribution >= 4 is 45.5 Å². The molecule has 0 bridgehead atoms. The number of anilines is 2. The van der Waals surface area contributed by atoms with Gasteiger partial charge in [-0.2, -0.15) is 0 Å². The lowest BCUT2D eigenvalue weighted by Crippen LogP contribution is -2.53. The van der Waals surface area contributed by atoms with Crippen LogP contribution in [0, 0.1) is 12.4 Å². The molecule has 1 fully saturated rings. The predicted octanol–water partition coefficient (Wildman–Crippen LogP) is 6.93. The first-order valence-electron chi connectivity index (χ1n) is 13.7. The number of hydrogen-bond donors (Lipinski definition) is 1. The van der Waals surface area contributed by atoms with E-state index in [2.05, 4.69) is 11.4 Å². The van der Waals surface area contributed by atoms with Crippen LogP contribution in [0.25, 0.3) is 32.6 Å². The van der Waals surface area contributed by atoms with E-state index in [0.29, 0.717) is 47.5 Å². The van der Waals surface area contributed by atoms with Crippen molar-refractivity contribution in [3.05, 3.63) is 105 Å². The average Bonchev–Trinajstić information content (AvgIpc) is 2.96. The van der Waals surface area contributed by atoms with Gasteiger partial charge in [-0.15, -0.1) is 0 Å². The molecular formula is C33H31ClFN5O2. The summed E-state index contributed by atoms with van der Waals surface area (Å²) in [6, 6.07) is 15.2. The highest BCUT2D eigenvalue weighted by Gasteiger charge is 2.31. The van der Waals surface area contributed by atoms with E-state index in [4.69, 9.17) is 23.9 Å². The number of aromatic nitrogens is 1. The van der Waals surface area contributed by atoms with Crippen molar-refractivity contribution < 1.29 is 9.18 Å². The van der Waals surface area contributed by atoms with E-state index in [1.807, 2.05) is 49.9 Å². The number of para-hydroxylation sites is 1. The Bertz CT molecular complexity index is 1840. The number of carbonyl (C=O) groups is 1. The molecule has 5 rings (SSSR count). The van der Waals surface area contributed by atoms with Crippen LogP contribution in [0.15, 0.2) is 72.0 Å². The molecule has 0 aliphatic carbocycles. The Morgan fingerprint density at radius 1 is 1.17 bits per heavy atom. The van der Waals surface area contributed by atoms with Crippen LogP contribution in [0.3, 0.4) is 0 Å². The minimum atomic E-state index is -0.539. The number of nitrogens with zero attached hydrogens (tertiary/aromatic N) is 4. The highest BCUT2D eigenvalue weighted by Crippen LogP contribution is 2.42. The van der Waals surface area contributed by atoms with Crippen molar-refractivity contribution in [1.29, 1.82) is 0 Å². The molecule has 0 spiro atoms. The molecule has 42 heavy (non-hydrogen) atoms. The number of benzene rings is 3. The molecule has 1 saturated heterocycles. The first-order valence-corrected chi connectivity index (χ1v) is 14.1. The maximum Gasteiger partial charge on any atom is 0.274 e. The van der Waals surface area contributed by atoms with E-state index in [-0.39, 0.29) is 39.8 Å². The minimum absolute atomic E-state index is 0.0427. The molecule has 1 amide bonds. The third-order valence-electron chi connectivity index (χ3n) is 7.81. The van der Waals surface area contributed by atoms with Crippen LogP contribution < -0.4 is 16.2 Å². The smallest absolute Gasteiger partial charge is 0.274 e. The Kier molecular flexibility index (Phi) is 7.81. The van der Waals surface area contributed by atoms with E-state index in [9.17, 15) is 9.59 Å². The van der Waals surface area contributed by atoms with Gasteiger partial charge in [0.05, 0.1) is 23.5 Å². The summed E-state index contributed by atoms with van der Waals surface area (Å²) >= 11 is 6.85. The topological polar surface area (TPSA) is 75.9 Å². The predicted molar refractivity (Wildman–Crippen MR) is 168 cm³/mol. The summed E-state index contributed by atoms with van der Waals surface area (Å²) in [6.45, 7) is 18.9. The van der Waals surface area contributed by atoms with Gasteiger partial charge < -0.3 is 15.5 Å². The zero-order valence-electron chi connectivity index (χ0n) is 23.7. The van der Waals surface area contributed by atoms with Crippen molar-refractivity contribution in [3.8, 4) is 16.8 Å². The van der Waals surface area contributed by atoms with Gasteiger partial charge in [-0.1, -0.05) is 50.2 Å². The number of halogens is 2. The van der Waals surface area contributed by atoms with Gasteiger partial charge in [-0.25, -0.2) is 9.24 Å². The molecule has 3 aromatic carbocycles. The highest BCUT2D eigenvalue weighted by molar-refractivity contribution is 6.34. The Hall–Kier alpha value is -4.61. The van der Waals surface area contributed by atoms with Crippen LogP contribution >= 0.6 is 11.6 Å². The van der Waals surface area contributed by atoms with Gasteiger partial charge in [0.1, 0.15) is 5.82 Å². The van der Waals surface area contributed by atoms with Gasteiger partial charge >= 0.3 is 0 Å². The maximum atomic E-state index is 15.2. The second kappa shape index (κ2) is 11.3. The molecule has 2 N–H and O–H groups in total. The SMILES string of the molecule is [C-]#[N+]c1c(N2CCN(C(=O)C=C)C[C@@H]2C)c2cc(Cl)c(-c3ccc(N)cc3F)cc2n(-c2ccccc2C(C)C)c1=O. The maximum absolute atomic E-state index is 15.2. The number of hydrogen-bond acceptors (Lipinski definition) is 4. The number of nitrogens with two attached hydrogens (primary N) is 1. The molecule has 1 aromatic heterocycles.